The topological polar surface area (TPSA) is 23.8 Å². The predicted octanol–water partition coefficient (Wildman–Crippen LogP) is 5.64. The van der Waals surface area contributed by atoms with E-state index >= 15 is 0 Å². The molecule has 0 aliphatic heterocycles. The summed E-state index contributed by atoms with van der Waals surface area (Å²) in [6.07, 6.45) is 3.88. The van der Waals surface area contributed by atoms with Gasteiger partial charge in [0.05, 0.1) is 5.56 Å². The van der Waals surface area contributed by atoms with E-state index in [2.05, 4.69) is 30.8 Å². The van der Waals surface area contributed by atoms with E-state index in [9.17, 15) is 4.39 Å². The quantitative estimate of drug-likeness (QED) is 0.572. The lowest BCUT2D eigenvalue weighted by molar-refractivity contribution is 0.636. The molecule has 23 heavy (non-hydrogen) atoms. The molecule has 0 atom stereocenters. The summed E-state index contributed by atoms with van der Waals surface area (Å²) in [6.45, 7) is 3.74. The molecule has 0 aliphatic rings. The number of rotatable bonds is 4. The van der Waals surface area contributed by atoms with E-state index < -0.39 is 5.82 Å². The maximum atomic E-state index is 14.1. The molecule has 0 bridgehead atoms. The highest BCUT2D eigenvalue weighted by atomic mass is 19.1. The van der Waals surface area contributed by atoms with Crippen LogP contribution in [0, 0.1) is 17.1 Å². The lowest BCUT2D eigenvalue weighted by atomic mass is 9.98. The molecule has 0 saturated carbocycles. The fourth-order valence-corrected chi connectivity index (χ4v) is 2.69. The molecule has 0 spiro atoms. The molecule has 0 amide bonds. The normalized spacial score (nSPS) is 10.4. The van der Waals surface area contributed by atoms with Crippen LogP contribution in [0.3, 0.4) is 0 Å². The van der Waals surface area contributed by atoms with Crippen molar-refractivity contribution in [1.29, 1.82) is 5.26 Å². The number of hydrogen-bond donors (Lipinski definition) is 0. The van der Waals surface area contributed by atoms with E-state index in [1.54, 1.807) is 12.1 Å². The summed E-state index contributed by atoms with van der Waals surface area (Å²) in [6, 6.07) is 19.2. The molecule has 3 aromatic carbocycles. The number of aryl methyl sites for hydroxylation is 1. The van der Waals surface area contributed by atoms with E-state index in [1.165, 1.54) is 11.6 Å². The lowest BCUT2D eigenvalue weighted by Gasteiger charge is -2.07. The molecule has 0 saturated heterocycles. The summed E-state index contributed by atoms with van der Waals surface area (Å²) in [4.78, 5) is 0. The van der Waals surface area contributed by atoms with Gasteiger partial charge >= 0.3 is 0 Å². The summed E-state index contributed by atoms with van der Waals surface area (Å²) in [5.41, 5.74) is 3.49. The molecule has 0 fully saturated rings. The number of hydrogen-bond acceptors (Lipinski definition) is 1. The van der Waals surface area contributed by atoms with Crippen LogP contribution >= 0.6 is 0 Å². The van der Waals surface area contributed by atoms with Crippen LogP contribution in [0.1, 0.15) is 17.5 Å². The van der Waals surface area contributed by atoms with E-state index in [1.807, 2.05) is 24.3 Å². The third-order valence-electron chi connectivity index (χ3n) is 4.00. The van der Waals surface area contributed by atoms with E-state index in [-0.39, 0.29) is 5.56 Å². The monoisotopic (exact) mass is 301 g/mol. The van der Waals surface area contributed by atoms with Crippen molar-refractivity contribution in [2.75, 3.05) is 0 Å². The first kappa shape index (κ1) is 15.0. The Kier molecular flexibility index (Phi) is 4.21. The van der Waals surface area contributed by atoms with Gasteiger partial charge in [0.1, 0.15) is 11.9 Å². The number of nitrogens with zero attached hydrogens (tertiary/aromatic N) is 1. The zero-order valence-corrected chi connectivity index (χ0v) is 12.7. The van der Waals surface area contributed by atoms with Crippen molar-refractivity contribution in [1.82, 2.24) is 0 Å². The van der Waals surface area contributed by atoms with Gasteiger partial charge in [0.2, 0.25) is 0 Å². The van der Waals surface area contributed by atoms with Crippen molar-refractivity contribution in [2.45, 2.75) is 12.8 Å². The average Bonchev–Trinajstić information content (AvgIpc) is 2.60. The highest BCUT2D eigenvalue weighted by molar-refractivity contribution is 5.88. The first-order valence-corrected chi connectivity index (χ1v) is 7.55. The Hall–Kier alpha value is -2.92. The molecule has 0 N–H and O–H groups in total. The van der Waals surface area contributed by atoms with Gasteiger partial charge < -0.3 is 0 Å². The first-order chi connectivity index (χ1) is 11.2. The van der Waals surface area contributed by atoms with Gasteiger partial charge in [-0.25, -0.2) is 4.39 Å². The maximum Gasteiger partial charge on any atom is 0.148 e. The Bertz CT molecular complexity index is 902. The summed E-state index contributed by atoms with van der Waals surface area (Å²) in [7, 11) is 0. The minimum absolute atomic E-state index is 0.0804. The fraction of sp³-hybridized carbons (Fsp3) is 0.0952. The first-order valence-electron chi connectivity index (χ1n) is 7.55. The van der Waals surface area contributed by atoms with Crippen molar-refractivity contribution in [2.24, 2.45) is 0 Å². The molecule has 0 unspecified atom stereocenters. The second-order valence-corrected chi connectivity index (χ2v) is 5.50. The van der Waals surface area contributed by atoms with Gasteiger partial charge in [-0.05, 0) is 47.1 Å². The van der Waals surface area contributed by atoms with Gasteiger partial charge in [0.15, 0.2) is 0 Å². The third-order valence-corrected chi connectivity index (χ3v) is 4.00. The van der Waals surface area contributed by atoms with Gasteiger partial charge in [-0.2, -0.15) is 5.26 Å². The molecular weight excluding hydrogens is 285 g/mol. The molecule has 3 rings (SSSR count). The second kappa shape index (κ2) is 6.46. The van der Waals surface area contributed by atoms with E-state index in [4.69, 9.17) is 5.26 Å². The number of nitriles is 1. The molecule has 1 nitrogen and oxygen atoms in total. The molecule has 2 heteroatoms. The Labute approximate surface area is 135 Å². The Morgan fingerprint density at radius 2 is 1.74 bits per heavy atom. The minimum Gasteiger partial charge on any atom is -0.205 e. The molecule has 0 radical (unpaired) electrons. The van der Waals surface area contributed by atoms with Crippen molar-refractivity contribution >= 4 is 10.8 Å². The molecule has 0 aromatic heterocycles. The number of benzene rings is 3. The highest BCUT2D eigenvalue weighted by Gasteiger charge is 2.08. The van der Waals surface area contributed by atoms with E-state index in [0.717, 1.165) is 29.4 Å². The smallest absolute Gasteiger partial charge is 0.148 e. The maximum absolute atomic E-state index is 14.1. The summed E-state index contributed by atoms with van der Waals surface area (Å²) >= 11 is 0. The van der Waals surface area contributed by atoms with Crippen LogP contribution in [0.4, 0.5) is 4.39 Å². The Balaban J connectivity index is 1.97. The van der Waals surface area contributed by atoms with Crippen molar-refractivity contribution in [3.05, 3.63) is 84.2 Å². The lowest BCUT2D eigenvalue weighted by Crippen LogP contribution is -1.88. The highest BCUT2D eigenvalue weighted by Crippen LogP contribution is 2.27. The standard InChI is InChI=1S/C21H16FN/c1-2-3-4-15-5-7-16(8-6-15)17-11-12-20-18(13-17)9-10-19(14-23)21(20)22/h2,5-13H,1,3-4H2. The van der Waals surface area contributed by atoms with Crippen LogP contribution in [-0.4, -0.2) is 0 Å². The third kappa shape index (κ3) is 3.00. The molecule has 0 heterocycles. The Morgan fingerprint density at radius 1 is 1.00 bits per heavy atom. The van der Waals surface area contributed by atoms with Crippen molar-refractivity contribution < 1.29 is 4.39 Å². The SMILES string of the molecule is C=CCCc1ccc(-c2ccc3c(F)c(C#N)ccc3c2)cc1. The summed E-state index contributed by atoms with van der Waals surface area (Å²) < 4.78 is 14.1. The molecule has 0 aliphatic carbocycles. The van der Waals surface area contributed by atoms with Crippen LogP contribution < -0.4 is 0 Å². The summed E-state index contributed by atoms with van der Waals surface area (Å²) in [5, 5.41) is 10.2. The molecular formula is C21H16FN. The van der Waals surface area contributed by atoms with Crippen LogP contribution in [0.2, 0.25) is 0 Å². The molecule has 3 aromatic rings. The van der Waals surface area contributed by atoms with Crippen molar-refractivity contribution in [3.63, 3.8) is 0 Å². The van der Waals surface area contributed by atoms with Gasteiger partial charge in [0, 0.05) is 5.39 Å². The molecule has 112 valence electrons. The Morgan fingerprint density at radius 3 is 2.43 bits per heavy atom. The van der Waals surface area contributed by atoms with Crippen LogP contribution in [0.15, 0.2) is 67.3 Å². The van der Waals surface area contributed by atoms with Gasteiger partial charge in [-0.3, -0.25) is 0 Å². The number of allylic oxidation sites excluding steroid dienone is 1. The van der Waals surface area contributed by atoms with Gasteiger partial charge in [-0.15, -0.1) is 6.58 Å². The average molecular weight is 301 g/mol. The minimum atomic E-state index is -0.448. The van der Waals surface area contributed by atoms with Crippen LogP contribution in [0.25, 0.3) is 21.9 Å². The van der Waals surface area contributed by atoms with Gasteiger partial charge in [-0.1, -0.05) is 48.5 Å². The van der Waals surface area contributed by atoms with Crippen LogP contribution in [-0.2, 0) is 6.42 Å². The summed E-state index contributed by atoms with van der Waals surface area (Å²) in [5.74, 6) is -0.448. The largest absolute Gasteiger partial charge is 0.205 e. The van der Waals surface area contributed by atoms with E-state index in [0.29, 0.717) is 5.39 Å². The zero-order valence-electron chi connectivity index (χ0n) is 12.7. The fourth-order valence-electron chi connectivity index (χ4n) is 2.69. The second-order valence-electron chi connectivity index (χ2n) is 5.50. The predicted molar refractivity (Wildman–Crippen MR) is 92.6 cm³/mol. The number of fused-ring (bicyclic) bond motifs is 1. The van der Waals surface area contributed by atoms with Crippen LogP contribution in [0.5, 0.6) is 0 Å². The van der Waals surface area contributed by atoms with Crippen molar-refractivity contribution in [3.8, 4) is 17.2 Å². The van der Waals surface area contributed by atoms with Gasteiger partial charge in [0.25, 0.3) is 0 Å². The zero-order chi connectivity index (χ0) is 16.2. The number of halogens is 1.